The molecule has 178 valence electrons. The van der Waals surface area contributed by atoms with Crippen molar-refractivity contribution in [1.82, 2.24) is 14.8 Å². The van der Waals surface area contributed by atoms with E-state index in [1.165, 1.54) is 12.3 Å². The Labute approximate surface area is 213 Å². The van der Waals surface area contributed by atoms with E-state index in [1.54, 1.807) is 28.1 Å². The first-order chi connectivity index (χ1) is 16.3. The number of nitrogens with one attached hydrogen (secondary N) is 1. The molecule has 5 rings (SSSR count). The Balaban J connectivity index is 1.40. The lowest BCUT2D eigenvalue weighted by Gasteiger charge is -2.34. The molecule has 2 amide bonds. The molecule has 2 aromatic rings. The highest BCUT2D eigenvalue weighted by Crippen LogP contribution is 2.46. The number of rotatable bonds is 5. The van der Waals surface area contributed by atoms with Crippen LogP contribution >= 0.6 is 31.9 Å². The fraction of sp³-hybridized carbons (Fsp3) is 0.435. The van der Waals surface area contributed by atoms with Gasteiger partial charge in [-0.15, -0.1) is 0 Å². The Kier molecular flexibility index (Phi) is 6.32. The molecule has 3 aliphatic rings. The summed E-state index contributed by atoms with van der Waals surface area (Å²) in [7, 11) is 0. The fourth-order valence-corrected chi connectivity index (χ4v) is 5.80. The van der Waals surface area contributed by atoms with Crippen LogP contribution in [0.1, 0.15) is 40.0 Å². The van der Waals surface area contributed by atoms with Crippen LogP contribution in [0.25, 0.3) is 0 Å². The lowest BCUT2D eigenvalue weighted by Crippen LogP contribution is -2.45. The van der Waals surface area contributed by atoms with Gasteiger partial charge in [0.1, 0.15) is 5.69 Å². The Morgan fingerprint density at radius 1 is 1.03 bits per heavy atom. The molecule has 2 unspecified atom stereocenters. The summed E-state index contributed by atoms with van der Waals surface area (Å²) in [6, 6.07) is 4.57. The number of hydrogen-bond donors (Lipinski definition) is 1. The fourth-order valence-electron chi connectivity index (χ4n) is 4.99. The van der Waals surface area contributed by atoms with Crippen molar-refractivity contribution < 1.29 is 14.5 Å². The van der Waals surface area contributed by atoms with Gasteiger partial charge in [0.15, 0.2) is 0 Å². The molecule has 1 saturated carbocycles. The van der Waals surface area contributed by atoms with Gasteiger partial charge in [0.25, 0.3) is 17.5 Å². The van der Waals surface area contributed by atoms with Crippen LogP contribution in [0.2, 0.25) is 0 Å². The molecule has 11 heteroatoms. The molecule has 3 heterocycles. The number of nitro benzene ring substituents is 1. The minimum absolute atomic E-state index is 0.141. The topological polar surface area (TPSA) is 109 Å². The van der Waals surface area contributed by atoms with Gasteiger partial charge in [-0.3, -0.25) is 24.7 Å². The molecule has 2 saturated heterocycles. The summed E-state index contributed by atoms with van der Waals surface area (Å²) in [4.78, 5) is 45.4. The van der Waals surface area contributed by atoms with Crippen molar-refractivity contribution in [2.24, 2.45) is 11.8 Å². The first-order valence-electron chi connectivity index (χ1n) is 11.2. The Hall–Kier alpha value is -2.53. The Morgan fingerprint density at radius 3 is 2.50 bits per heavy atom. The van der Waals surface area contributed by atoms with Crippen molar-refractivity contribution in [3.05, 3.63) is 60.8 Å². The number of carbonyl (C=O) groups is 2. The maximum absolute atomic E-state index is 13.4. The second-order valence-electron chi connectivity index (χ2n) is 9.20. The highest BCUT2D eigenvalue weighted by atomic mass is 79.9. The molecular weight excluding hydrogens is 570 g/mol. The van der Waals surface area contributed by atoms with E-state index >= 15 is 0 Å². The number of amides is 2. The molecule has 2 aliphatic heterocycles. The van der Waals surface area contributed by atoms with Gasteiger partial charge < -0.3 is 15.1 Å². The Bertz CT molecular complexity index is 1170. The van der Waals surface area contributed by atoms with Crippen LogP contribution < -0.4 is 5.32 Å². The van der Waals surface area contributed by atoms with Gasteiger partial charge >= 0.3 is 0 Å². The van der Waals surface area contributed by atoms with E-state index in [9.17, 15) is 19.7 Å². The highest BCUT2D eigenvalue weighted by molar-refractivity contribution is 9.10. The number of pyridine rings is 1. The number of likely N-dealkylation sites (tertiary alicyclic amines) is 2. The number of carbonyl (C=O) groups excluding carboxylic acids is 2. The van der Waals surface area contributed by atoms with E-state index in [-0.39, 0.29) is 29.2 Å². The van der Waals surface area contributed by atoms with Crippen LogP contribution in [0.3, 0.4) is 0 Å². The van der Waals surface area contributed by atoms with E-state index < -0.39 is 4.92 Å². The van der Waals surface area contributed by atoms with Crippen LogP contribution in [0, 0.1) is 22.0 Å². The number of piperidine rings is 2. The van der Waals surface area contributed by atoms with Crippen molar-refractivity contribution in [1.29, 1.82) is 0 Å². The minimum Gasteiger partial charge on any atom is -0.374 e. The number of benzene rings is 1. The lowest BCUT2D eigenvalue weighted by atomic mass is 10.0. The minimum atomic E-state index is -0.468. The van der Waals surface area contributed by atoms with E-state index in [4.69, 9.17) is 0 Å². The normalized spacial score (nSPS) is 23.4. The standard InChI is InChI=1S/C23H23Br2N5O4/c24-16-6-19(23(32)29-10-14-4-15(14)11-29)21(20(7-16)30(33)34)27-18-2-1-3-28(12-18)22(31)13-5-17(25)9-26-8-13/h5-9,14-15,18,27H,1-4,10-12H2/t14?,15?,18-/m1/s1. The summed E-state index contributed by atoms with van der Waals surface area (Å²) >= 11 is 6.68. The van der Waals surface area contributed by atoms with E-state index in [0.717, 1.165) is 23.7 Å². The molecule has 34 heavy (non-hydrogen) atoms. The summed E-state index contributed by atoms with van der Waals surface area (Å²) in [5, 5.41) is 15.2. The molecule has 0 spiro atoms. The smallest absolute Gasteiger partial charge is 0.294 e. The third-order valence-corrected chi connectivity index (χ3v) is 7.68. The summed E-state index contributed by atoms with van der Waals surface area (Å²) in [5.74, 6) is 0.794. The molecule has 1 N–H and O–H groups in total. The third-order valence-electron chi connectivity index (χ3n) is 6.78. The van der Waals surface area contributed by atoms with Crippen LogP contribution in [0.15, 0.2) is 39.5 Å². The zero-order valence-corrected chi connectivity index (χ0v) is 21.4. The molecule has 9 nitrogen and oxygen atoms in total. The van der Waals surface area contributed by atoms with Gasteiger partial charge in [-0.05, 0) is 59.2 Å². The Morgan fingerprint density at radius 2 is 1.79 bits per heavy atom. The summed E-state index contributed by atoms with van der Waals surface area (Å²) in [6.45, 7) is 2.37. The molecule has 0 bridgehead atoms. The number of aromatic nitrogens is 1. The molecule has 3 fully saturated rings. The lowest BCUT2D eigenvalue weighted by molar-refractivity contribution is -0.384. The highest BCUT2D eigenvalue weighted by Gasteiger charge is 2.47. The molecule has 1 aliphatic carbocycles. The molecular formula is C23H23Br2N5O4. The van der Waals surface area contributed by atoms with Gasteiger partial charge in [0.2, 0.25) is 0 Å². The second kappa shape index (κ2) is 9.26. The average Bonchev–Trinajstić information content (AvgIpc) is 3.43. The molecule has 0 radical (unpaired) electrons. The van der Waals surface area contributed by atoms with Crippen molar-refractivity contribution in [2.75, 3.05) is 31.5 Å². The number of anilines is 1. The van der Waals surface area contributed by atoms with Gasteiger partial charge in [-0.2, -0.15) is 0 Å². The number of fused-ring (bicyclic) bond motifs is 1. The monoisotopic (exact) mass is 591 g/mol. The maximum Gasteiger partial charge on any atom is 0.294 e. The van der Waals surface area contributed by atoms with E-state index in [0.29, 0.717) is 53.6 Å². The number of halogens is 2. The first kappa shape index (κ1) is 23.2. The van der Waals surface area contributed by atoms with Crippen molar-refractivity contribution in [2.45, 2.75) is 25.3 Å². The van der Waals surface area contributed by atoms with Crippen LogP contribution in [-0.4, -0.2) is 63.7 Å². The maximum atomic E-state index is 13.4. The van der Waals surface area contributed by atoms with Crippen molar-refractivity contribution >= 4 is 55.0 Å². The summed E-state index contributed by atoms with van der Waals surface area (Å²) < 4.78 is 1.21. The van der Waals surface area contributed by atoms with Gasteiger partial charge in [-0.25, -0.2) is 0 Å². The van der Waals surface area contributed by atoms with E-state index in [1.807, 2.05) is 0 Å². The predicted molar refractivity (Wildman–Crippen MR) is 133 cm³/mol. The van der Waals surface area contributed by atoms with Gasteiger partial charge in [0.05, 0.1) is 16.1 Å². The molecule has 3 atom stereocenters. The zero-order valence-electron chi connectivity index (χ0n) is 18.2. The largest absolute Gasteiger partial charge is 0.374 e. The molecule has 1 aromatic carbocycles. The van der Waals surface area contributed by atoms with Gasteiger partial charge in [-0.1, -0.05) is 15.9 Å². The quantitative estimate of drug-likeness (QED) is 0.409. The number of nitrogens with zero attached hydrogens (tertiary/aromatic N) is 4. The SMILES string of the molecule is O=C(c1cncc(Br)c1)N1CCC[C@@H](Nc2c(C(=O)N3CC4CC4C3)cc(Br)cc2[N+](=O)[O-])C1. The predicted octanol–water partition coefficient (Wildman–Crippen LogP) is 4.32. The van der Waals surface area contributed by atoms with Crippen molar-refractivity contribution in [3.8, 4) is 0 Å². The summed E-state index contributed by atoms with van der Waals surface area (Å²) in [6.07, 6.45) is 5.78. The third kappa shape index (κ3) is 4.68. The van der Waals surface area contributed by atoms with Crippen LogP contribution in [-0.2, 0) is 0 Å². The van der Waals surface area contributed by atoms with Crippen LogP contribution in [0.5, 0.6) is 0 Å². The second-order valence-corrected chi connectivity index (χ2v) is 11.0. The van der Waals surface area contributed by atoms with E-state index in [2.05, 4.69) is 42.2 Å². The van der Waals surface area contributed by atoms with Crippen LogP contribution in [0.4, 0.5) is 11.4 Å². The average molecular weight is 593 g/mol. The van der Waals surface area contributed by atoms with Crippen molar-refractivity contribution in [3.63, 3.8) is 0 Å². The summed E-state index contributed by atoms with van der Waals surface area (Å²) in [5.41, 5.74) is 0.846. The van der Waals surface area contributed by atoms with Gasteiger partial charge in [0, 0.05) is 59.6 Å². The first-order valence-corrected chi connectivity index (χ1v) is 12.8. The molecule has 1 aromatic heterocycles. The number of hydrogen-bond acceptors (Lipinski definition) is 6. The number of nitro groups is 1. The zero-order chi connectivity index (χ0) is 24.0.